The number of hydrogen-bond donors (Lipinski definition) is 1. The maximum Gasteiger partial charge on any atom is 0.130 e. The molecule has 0 fully saturated rings. The molecule has 0 aliphatic heterocycles. The van der Waals surface area contributed by atoms with Crippen LogP contribution in [0.1, 0.15) is 0 Å². The number of fused-ring (bicyclic) bond motifs is 1. The first-order valence-corrected chi connectivity index (χ1v) is 4.92. The number of halogens is 2. The number of aromatic hydroxyl groups is 1. The average Bonchev–Trinajstić information content (AvgIpc) is 2.12. The molecule has 66 valence electrons. The first-order valence-electron chi connectivity index (χ1n) is 3.75. The van der Waals surface area contributed by atoms with Crippen LogP contribution in [0.5, 0.6) is 5.75 Å². The highest BCUT2D eigenvalue weighted by Gasteiger charge is 2.03. The van der Waals surface area contributed by atoms with Crippen molar-refractivity contribution in [3.63, 3.8) is 0 Å². The molecule has 2 aromatic carbocycles. The molecular weight excluding hydrogens is 251 g/mol. The summed E-state index contributed by atoms with van der Waals surface area (Å²) in [4.78, 5) is 0. The SMILES string of the molecule is Oc1ccc2ccc(Cl)cc2c1Br. The molecule has 1 nitrogen and oxygen atoms in total. The summed E-state index contributed by atoms with van der Waals surface area (Å²) in [5.74, 6) is 0.231. The highest BCUT2D eigenvalue weighted by molar-refractivity contribution is 9.10. The lowest BCUT2D eigenvalue weighted by atomic mass is 10.1. The molecule has 0 saturated heterocycles. The van der Waals surface area contributed by atoms with E-state index in [0.29, 0.717) is 9.50 Å². The van der Waals surface area contributed by atoms with Crippen molar-refractivity contribution < 1.29 is 5.11 Å². The minimum absolute atomic E-state index is 0.231. The van der Waals surface area contributed by atoms with Crippen LogP contribution in [0, 0.1) is 0 Å². The summed E-state index contributed by atoms with van der Waals surface area (Å²) in [6.07, 6.45) is 0. The predicted molar refractivity (Wildman–Crippen MR) is 58.3 cm³/mol. The first-order chi connectivity index (χ1) is 6.18. The van der Waals surface area contributed by atoms with Crippen LogP contribution in [0.3, 0.4) is 0 Å². The zero-order valence-electron chi connectivity index (χ0n) is 6.59. The average molecular weight is 258 g/mol. The van der Waals surface area contributed by atoms with E-state index >= 15 is 0 Å². The fraction of sp³-hybridized carbons (Fsp3) is 0. The molecule has 0 heterocycles. The predicted octanol–water partition coefficient (Wildman–Crippen LogP) is 3.96. The van der Waals surface area contributed by atoms with E-state index in [0.717, 1.165) is 10.8 Å². The Bertz CT molecular complexity index is 462. The van der Waals surface area contributed by atoms with Gasteiger partial charge in [-0.15, -0.1) is 0 Å². The molecule has 0 unspecified atom stereocenters. The molecule has 13 heavy (non-hydrogen) atoms. The standard InChI is InChI=1S/C10H6BrClO/c11-10-8-5-7(12)3-1-6(8)2-4-9(10)13/h1-5,13H. The topological polar surface area (TPSA) is 20.2 Å². The maximum absolute atomic E-state index is 9.42. The van der Waals surface area contributed by atoms with Crippen molar-refractivity contribution >= 4 is 38.3 Å². The van der Waals surface area contributed by atoms with E-state index in [1.807, 2.05) is 24.3 Å². The normalized spacial score (nSPS) is 10.6. The summed E-state index contributed by atoms with van der Waals surface area (Å²) in [7, 11) is 0. The molecule has 2 rings (SSSR count). The van der Waals surface area contributed by atoms with Crippen LogP contribution in [0.4, 0.5) is 0 Å². The van der Waals surface area contributed by atoms with Crippen LogP contribution in [0.25, 0.3) is 10.8 Å². The molecule has 2 aromatic rings. The van der Waals surface area contributed by atoms with E-state index in [1.54, 1.807) is 6.07 Å². The van der Waals surface area contributed by atoms with Crippen molar-refractivity contribution in [2.45, 2.75) is 0 Å². The lowest BCUT2D eigenvalue weighted by Crippen LogP contribution is -1.75. The molecule has 0 aliphatic rings. The number of rotatable bonds is 0. The molecule has 1 N–H and O–H groups in total. The Morgan fingerprint density at radius 3 is 2.62 bits per heavy atom. The van der Waals surface area contributed by atoms with E-state index in [2.05, 4.69) is 15.9 Å². The summed E-state index contributed by atoms with van der Waals surface area (Å²) >= 11 is 9.15. The number of phenols is 1. The molecule has 0 bridgehead atoms. The minimum atomic E-state index is 0.231. The van der Waals surface area contributed by atoms with Gasteiger partial charge < -0.3 is 5.11 Å². The molecule has 0 amide bonds. The zero-order chi connectivity index (χ0) is 9.42. The van der Waals surface area contributed by atoms with E-state index < -0.39 is 0 Å². The van der Waals surface area contributed by atoms with Gasteiger partial charge in [-0.2, -0.15) is 0 Å². The highest BCUT2D eigenvalue weighted by Crippen LogP contribution is 2.33. The Labute approximate surface area is 89.1 Å². The van der Waals surface area contributed by atoms with Gasteiger partial charge >= 0.3 is 0 Å². The smallest absolute Gasteiger partial charge is 0.130 e. The summed E-state index contributed by atoms with van der Waals surface area (Å²) in [6, 6.07) is 9.07. The van der Waals surface area contributed by atoms with Crippen LogP contribution < -0.4 is 0 Å². The Morgan fingerprint density at radius 2 is 1.85 bits per heavy atom. The third kappa shape index (κ3) is 1.52. The fourth-order valence-electron chi connectivity index (χ4n) is 1.24. The van der Waals surface area contributed by atoms with Crippen LogP contribution in [0.2, 0.25) is 5.02 Å². The summed E-state index contributed by atoms with van der Waals surface area (Å²) in [6.45, 7) is 0. The number of benzene rings is 2. The second kappa shape index (κ2) is 3.20. The van der Waals surface area contributed by atoms with Gasteiger partial charge in [0.15, 0.2) is 0 Å². The summed E-state index contributed by atoms with van der Waals surface area (Å²) < 4.78 is 0.688. The second-order valence-electron chi connectivity index (χ2n) is 2.76. The Hall–Kier alpha value is -0.730. The minimum Gasteiger partial charge on any atom is -0.507 e. The van der Waals surface area contributed by atoms with Crippen molar-refractivity contribution in [3.05, 3.63) is 39.8 Å². The van der Waals surface area contributed by atoms with Gasteiger partial charge in [0.05, 0.1) is 4.47 Å². The molecule has 3 heteroatoms. The highest BCUT2D eigenvalue weighted by atomic mass is 79.9. The van der Waals surface area contributed by atoms with Gasteiger partial charge in [-0.05, 0) is 39.5 Å². The number of phenolic OH excluding ortho intramolecular Hbond substituents is 1. The third-order valence-electron chi connectivity index (χ3n) is 1.90. The molecule has 0 radical (unpaired) electrons. The fourth-order valence-corrected chi connectivity index (χ4v) is 1.89. The van der Waals surface area contributed by atoms with E-state index in [-0.39, 0.29) is 5.75 Å². The largest absolute Gasteiger partial charge is 0.507 e. The molecule has 0 spiro atoms. The van der Waals surface area contributed by atoms with Gasteiger partial charge in [-0.3, -0.25) is 0 Å². The van der Waals surface area contributed by atoms with Crippen molar-refractivity contribution in [1.82, 2.24) is 0 Å². The lowest BCUT2D eigenvalue weighted by Gasteiger charge is -2.02. The monoisotopic (exact) mass is 256 g/mol. The Kier molecular flexibility index (Phi) is 2.18. The van der Waals surface area contributed by atoms with Crippen molar-refractivity contribution in [2.75, 3.05) is 0 Å². The molecule has 0 atom stereocenters. The van der Waals surface area contributed by atoms with Gasteiger partial charge in [0.2, 0.25) is 0 Å². The lowest BCUT2D eigenvalue weighted by molar-refractivity contribution is 0.473. The van der Waals surface area contributed by atoms with Crippen LogP contribution in [-0.4, -0.2) is 5.11 Å². The maximum atomic E-state index is 9.42. The first kappa shape index (κ1) is 8.85. The summed E-state index contributed by atoms with van der Waals surface area (Å²) in [5.41, 5.74) is 0. The third-order valence-corrected chi connectivity index (χ3v) is 2.97. The Morgan fingerprint density at radius 1 is 1.15 bits per heavy atom. The quantitative estimate of drug-likeness (QED) is 0.757. The van der Waals surface area contributed by atoms with Crippen LogP contribution >= 0.6 is 27.5 Å². The summed E-state index contributed by atoms with van der Waals surface area (Å²) in [5, 5.41) is 12.1. The number of hydrogen-bond acceptors (Lipinski definition) is 1. The second-order valence-corrected chi connectivity index (χ2v) is 3.99. The van der Waals surface area contributed by atoms with Gasteiger partial charge in [0, 0.05) is 10.4 Å². The van der Waals surface area contributed by atoms with E-state index in [1.165, 1.54) is 0 Å². The van der Waals surface area contributed by atoms with E-state index in [9.17, 15) is 5.11 Å². The molecule has 0 aromatic heterocycles. The van der Waals surface area contributed by atoms with Crippen molar-refractivity contribution in [2.24, 2.45) is 0 Å². The van der Waals surface area contributed by atoms with Crippen molar-refractivity contribution in [1.29, 1.82) is 0 Å². The van der Waals surface area contributed by atoms with Crippen LogP contribution in [0.15, 0.2) is 34.8 Å². The van der Waals surface area contributed by atoms with Gasteiger partial charge in [-0.1, -0.05) is 23.7 Å². The molecule has 0 saturated carbocycles. The van der Waals surface area contributed by atoms with Crippen LogP contribution in [-0.2, 0) is 0 Å². The molecule has 0 aliphatic carbocycles. The van der Waals surface area contributed by atoms with Gasteiger partial charge in [-0.25, -0.2) is 0 Å². The van der Waals surface area contributed by atoms with Gasteiger partial charge in [0.25, 0.3) is 0 Å². The zero-order valence-corrected chi connectivity index (χ0v) is 8.93. The molecular formula is C10H6BrClO. The van der Waals surface area contributed by atoms with Gasteiger partial charge in [0.1, 0.15) is 5.75 Å². The van der Waals surface area contributed by atoms with E-state index in [4.69, 9.17) is 11.6 Å². The van der Waals surface area contributed by atoms with Crippen molar-refractivity contribution in [3.8, 4) is 5.75 Å². The Balaban J connectivity index is 2.89.